The van der Waals surface area contributed by atoms with Crippen LogP contribution in [0.2, 0.25) is 0 Å². The Hall–Kier alpha value is -2.62. The van der Waals surface area contributed by atoms with Gasteiger partial charge in [-0.2, -0.15) is 0 Å². The molecule has 1 amide bonds. The molecule has 0 saturated heterocycles. The van der Waals surface area contributed by atoms with Crippen LogP contribution in [-0.4, -0.2) is 15.9 Å². The molecule has 1 aliphatic carbocycles. The molecule has 4 heteroatoms. The highest BCUT2D eigenvalue weighted by Crippen LogP contribution is 2.31. The van der Waals surface area contributed by atoms with E-state index in [9.17, 15) is 4.79 Å². The third-order valence-corrected chi connectivity index (χ3v) is 5.45. The predicted molar refractivity (Wildman–Crippen MR) is 104 cm³/mol. The first-order valence-corrected chi connectivity index (χ1v) is 9.53. The van der Waals surface area contributed by atoms with Crippen LogP contribution in [0.5, 0.6) is 0 Å². The molecule has 0 aliphatic heterocycles. The number of amides is 1. The Kier molecular flexibility index (Phi) is 5.00. The van der Waals surface area contributed by atoms with E-state index in [1.807, 2.05) is 48.5 Å². The number of carbonyl (C=O) groups excluding carboxylic acids is 1. The van der Waals surface area contributed by atoms with Crippen molar-refractivity contribution in [2.24, 2.45) is 11.8 Å². The number of H-pyrrole nitrogens is 1. The highest BCUT2D eigenvalue weighted by molar-refractivity contribution is 5.78. The smallest absolute Gasteiger partial charge is 0.223 e. The summed E-state index contributed by atoms with van der Waals surface area (Å²) in [7, 11) is 0. The van der Waals surface area contributed by atoms with Gasteiger partial charge in [0.1, 0.15) is 5.82 Å². The summed E-state index contributed by atoms with van der Waals surface area (Å²) < 4.78 is 0. The molecule has 4 rings (SSSR count). The average molecular weight is 347 g/mol. The number of aromatic amines is 1. The zero-order valence-electron chi connectivity index (χ0n) is 14.9. The number of rotatable bonds is 5. The van der Waals surface area contributed by atoms with Crippen molar-refractivity contribution in [2.75, 3.05) is 0 Å². The van der Waals surface area contributed by atoms with Gasteiger partial charge in [-0.25, -0.2) is 4.98 Å². The molecule has 2 N–H and O–H groups in total. The number of aromatic nitrogens is 2. The van der Waals surface area contributed by atoms with Crippen LogP contribution >= 0.6 is 0 Å². The van der Waals surface area contributed by atoms with E-state index < -0.39 is 0 Å². The summed E-state index contributed by atoms with van der Waals surface area (Å²) in [6.45, 7) is 0.624. The molecule has 0 atom stereocenters. The minimum absolute atomic E-state index is 0.158. The van der Waals surface area contributed by atoms with Gasteiger partial charge in [0.2, 0.25) is 5.91 Å². The average Bonchev–Trinajstić information content (AvgIpc) is 3.10. The van der Waals surface area contributed by atoms with E-state index in [1.165, 1.54) is 0 Å². The minimum Gasteiger partial charge on any atom is -0.352 e. The van der Waals surface area contributed by atoms with Crippen molar-refractivity contribution >= 4 is 16.9 Å². The molecule has 0 spiro atoms. The van der Waals surface area contributed by atoms with Crippen molar-refractivity contribution in [1.29, 1.82) is 0 Å². The van der Waals surface area contributed by atoms with Gasteiger partial charge in [-0.05, 0) is 49.3 Å². The lowest BCUT2D eigenvalue weighted by molar-refractivity contribution is -0.126. The molecular formula is C22H25N3O. The molecular weight excluding hydrogens is 322 g/mol. The number of para-hydroxylation sites is 2. The molecule has 1 aromatic heterocycles. The van der Waals surface area contributed by atoms with Gasteiger partial charge in [0.25, 0.3) is 0 Å². The molecule has 3 aromatic rings. The minimum atomic E-state index is 0.158. The highest BCUT2D eigenvalue weighted by atomic mass is 16.1. The molecule has 26 heavy (non-hydrogen) atoms. The van der Waals surface area contributed by atoms with Crippen LogP contribution in [0.4, 0.5) is 0 Å². The summed E-state index contributed by atoms with van der Waals surface area (Å²) in [6, 6.07) is 18.3. The van der Waals surface area contributed by atoms with Gasteiger partial charge < -0.3 is 10.3 Å². The maximum absolute atomic E-state index is 12.4. The fraction of sp³-hybridized carbons (Fsp3) is 0.364. The van der Waals surface area contributed by atoms with Gasteiger partial charge in [0, 0.05) is 18.9 Å². The van der Waals surface area contributed by atoms with Crippen LogP contribution in [0.15, 0.2) is 54.6 Å². The second-order valence-electron chi connectivity index (χ2n) is 7.33. The second-order valence-corrected chi connectivity index (χ2v) is 7.33. The van der Waals surface area contributed by atoms with Gasteiger partial charge in [-0.15, -0.1) is 0 Å². The Morgan fingerprint density at radius 2 is 1.73 bits per heavy atom. The quantitative estimate of drug-likeness (QED) is 0.726. The van der Waals surface area contributed by atoms with E-state index in [1.54, 1.807) is 0 Å². The third kappa shape index (κ3) is 3.96. The van der Waals surface area contributed by atoms with E-state index in [-0.39, 0.29) is 11.8 Å². The molecule has 2 aromatic carbocycles. The molecule has 0 radical (unpaired) electrons. The Morgan fingerprint density at radius 1 is 1.00 bits per heavy atom. The Labute approximate surface area is 154 Å². The Morgan fingerprint density at radius 3 is 2.50 bits per heavy atom. The number of fused-ring (bicyclic) bond motifs is 1. The van der Waals surface area contributed by atoms with Gasteiger partial charge in [0.05, 0.1) is 11.0 Å². The van der Waals surface area contributed by atoms with Crippen molar-refractivity contribution in [2.45, 2.75) is 38.6 Å². The maximum atomic E-state index is 12.4. The molecule has 1 saturated carbocycles. The van der Waals surface area contributed by atoms with Gasteiger partial charge in [-0.3, -0.25) is 4.79 Å². The summed E-state index contributed by atoms with van der Waals surface area (Å²) in [4.78, 5) is 20.5. The zero-order chi connectivity index (χ0) is 17.8. The standard InChI is InChI=1S/C22H25N3O/c26-22(23-15-17-6-2-1-3-7-17)18-12-10-16(11-13-18)14-21-24-19-8-4-5-9-20(19)25-21/h1-9,16,18H,10-15H2,(H,23,26)(H,24,25). The lowest BCUT2D eigenvalue weighted by Crippen LogP contribution is -2.33. The van der Waals surface area contributed by atoms with Crippen molar-refractivity contribution in [1.82, 2.24) is 15.3 Å². The highest BCUT2D eigenvalue weighted by Gasteiger charge is 2.26. The van der Waals surface area contributed by atoms with E-state index in [0.717, 1.165) is 54.5 Å². The lowest BCUT2D eigenvalue weighted by Gasteiger charge is -2.27. The number of imidazole rings is 1. The normalized spacial score (nSPS) is 20.2. The monoisotopic (exact) mass is 347 g/mol. The van der Waals surface area contributed by atoms with Crippen molar-refractivity contribution in [3.63, 3.8) is 0 Å². The predicted octanol–water partition coefficient (Wildman–Crippen LogP) is 4.23. The molecule has 1 heterocycles. The largest absolute Gasteiger partial charge is 0.352 e. The molecule has 0 bridgehead atoms. The van der Waals surface area contributed by atoms with E-state index in [0.29, 0.717) is 12.5 Å². The van der Waals surface area contributed by atoms with Crippen molar-refractivity contribution in [3.8, 4) is 0 Å². The van der Waals surface area contributed by atoms with Gasteiger partial charge in [0.15, 0.2) is 0 Å². The summed E-state index contributed by atoms with van der Waals surface area (Å²) in [5.74, 6) is 2.05. The first-order valence-electron chi connectivity index (χ1n) is 9.53. The van der Waals surface area contributed by atoms with Crippen LogP contribution in [0.3, 0.4) is 0 Å². The van der Waals surface area contributed by atoms with Gasteiger partial charge >= 0.3 is 0 Å². The van der Waals surface area contributed by atoms with Crippen LogP contribution in [0.1, 0.15) is 37.1 Å². The molecule has 1 aliphatic rings. The van der Waals surface area contributed by atoms with E-state index in [2.05, 4.69) is 21.4 Å². The third-order valence-electron chi connectivity index (χ3n) is 5.45. The summed E-state index contributed by atoms with van der Waals surface area (Å²) >= 11 is 0. The fourth-order valence-electron chi connectivity index (χ4n) is 3.93. The first-order chi connectivity index (χ1) is 12.8. The summed E-state index contributed by atoms with van der Waals surface area (Å²) in [6.07, 6.45) is 5.13. The zero-order valence-corrected chi connectivity index (χ0v) is 14.9. The number of nitrogens with zero attached hydrogens (tertiary/aromatic N) is 1. The molecule has 0 unspecified atom stereocenters. The van der Waals surface area contributed by atoms with Crippen molar-refractivity contribution in [3.05, 3.63) is 66.0 Å². The second kappa shape index (κ2) is 7.73. The Bertz CT molecular complexity index is 830. The molecule has 4 nitrogen and oxygen atoms in total. The number of hydrogen-bond donors (Lipinski definition) is 2. The van der Waals surface area contributed by atoms with Crippen LogP contribution < -0.4 is 5.32 Å². The number of nitrogens with one attached hydrogen (secondary N) is 2. The van der Waals surface area contributed by atoms with E-state index in [4.69, 9.17) is 0 Å². The first kappa shape index (κ1) is 16.8. The van der Waals surface area contributed by atoms with Crippen LogP contribution in [0, 0.1) is 11.8 Å². The topological polar surface area (TPSA) is 57.8 Å². The van der Waals surface area contributed by atoms with E-state index >= 15 is 0 Å². The maximum Gasteiger partial charge on any atom is 0.223 e. The number of hydrogen-bond acceptors (Lipinski definition) is 2. The lowest BCUT2D eigenvalue weighted by atomic mass is 9.80. The fourth-order valence-corrected chi connectivity index (χ4v) is 3.93. The van der Waals surface area contributed by atoms with Crippen LogP contribution in [0.25, 0.3) is 11.0 Å². The summed E-state index contributed by atoms with van der Waals surface area (Å²) in [5, 5.41) is 3.09. The van der Waals surface area contributed by atoms with Gasteiger partial charge in [-0.1, -0.05) is 42.5 Å². The number of carbonyl (C=O) groups is 1. The van der Waals surface area contributed by atoms with Crippen LogP contribution in [-0.2, 0) is 17.8 Å². The molecule has 134 valence electrons. The summed E-state index contributed by atoms with van der Waals surface area (Å²) in [5.41, 5.74) is 3.30. The number of benzene rings is 2. The SMILES string of the molecule is O=C(NCc1ccccc1)C1CCC(Cc2nc3ccccc3[nH]2)CC1. The molecule has 1 fully saturated rings. The Balaban J connectivity index is 1.26. The van der Waals surface area contributed by atoms with Crippen molar-refractivity contribution < 1.29 is 4.79 Å².